The van der Waals surface area contributed by atoms with Gasteiger partial charge in [0.1, 0.15) is 5.65 Å². The maximum absolute atomic E-state index is 12.9. The lowest BCUT2D eigenvalue weighted by molar-refractivity contribution is -0.0400. The van der Waals surface area contributed by atoms with Crippen molar-refractivity contribution in [1.29, 1.82) is 0 Å². The van der Waals surface area contributed by atoms with Gasteiger partial charge < -0.3 is 18.9 Å². The van der Waals surface area contributed by atoms with Crippen LogP contribution < -0.4 is 10.4 Å². The highest BCUT2D eigenvalue weighted by Crippen LogP contribution is 2.26. The van der Waals surface area contributed by atoms with Gasteiger partial charge in [-0.05, 0) is 35.7 Å². The van der Waals surface area contributed by atoms with Gasteiger partial charge in [0.15, 0.2) is 0 Å². The Kier molecular flexibility index (Phi) is 6.45. The second-order valence-electron chi connectivity index (χ2n) is 7.16. The highest BCUT2D eigenvalue weighted by atomic mass is 16.8. The van der Waals surface area contributed by atoms with Crippen LogP contribution >= 0.6 is 0 Å². The van der Waals surface area contributed by atoms with E-state index < -0.39 is 0 Å². The molecule has 7 nitrogen and oxygen atoms in total. The van der Waals surface area contributed by atoms with Crippen LogP contribution in [0.15, 0.2) is 71.8 Å². The monoisotopic (exact) mass is 419 g/mol. The van der Waals surface area contributed by atoms with E-state index in [1.54, 1.807) is 19.4 Å². The van der Waals surface area contributed by atoms with Crippen molar-refractivity contribution in [3.8, 4) is 22.4 Å². The molecule has 0 atom stereocenters. The fourth-order valence-corrected chi connectivity index (χ4v) is 3.57. The molecular weight excluding hydrogens is 394 g/mol. The molecule has 0 N–H and O–H groups in total. The third-order valence-electron chi connectivity index (χ3n) is 5.04. The van der Waals surface area contributed by atoms with Crippen molar-refractivity contribution in [2.75, 3.05) is 27.6 Å². The third-order valence-corrected chi connectivity index (χ3v) is 5.04. The number of methoxy groups -OCH3 is 2. The van der Waals surface area contributed by atoms with E-state index >= 15 is 0 Å². The Morgan fingerprint density at radius 3 is 2.55 bits per heavy atom. The van der Waals surface area contributed by atoms with E-state index in [2.05, 4.69) is 9.55 Å². The first-order chi connectivity index (χ1) is 15.2. The van der Waals surface area contributed by atoms with Gasteiger partial charge in [-0.3, -0.25) is 4.79 Å². The van der Waals surface area contributed by atoms with E-state index in [9.17, 15) is 4.79 Å². The summed E-state index contributed by atoms with van der Waals surface area (Å²) in [6.45, 7) is 1.49. The smallest absolute Gasteiger partial charge is 0.284 e. The number of aryl methyl sites for hydroxylation is 1. The van der Waals surface area contributed by atoms with Gasteiger partial charge in [-0.25, -0.2) is 4.98 Å². The Hall–Kier alpha value is -3.42. The van der Waals surface area contributed by atoms with E-state index in [1.807, 2.05) is 54.7 Å². The van der Waals surface area contributed by atoms with Gasteiger partial charge in [-0.2, -0.15) is 0 Å². The van der Waals surface area contributed by atoms with Gasteiger partial charge in [0.2, 0.25) is 6.79 Å². The van der Waals surface area contributed by atoms with Crippen LogP contribution in [0.1, 0.15) is 6.42 Å². The van der Waals surface area contributed by atoms with Crippen molar-refractivity contribution in [3.05, 3.63) is 77.3 Å². The predicted molar refractivity (Wildman–Crippen MR) is 120 cm³/mol. The first-order valence-electron chi connectivity index (χ1n) is 10.1. The zero-order valence-corrected chi connectivity index (χ0v) is 17.7. The molecule has 0 saturated carbocycles. The Bertz CT molecular complexity index is 1210. The summed E-state index contributed by atoms with van der Waals surface area (Å²) in [6.07, 6.45) is 4.70. The number of rotatable bonds is 9. The third kappa shape index (κ3) is 4.52. The second kappa shape index (κ2) is 9.59. The molecule has 0 amide bonds. The van der Waals surface area contributed by atoms with Crippen molar-refractivity contribution < 1.29 is 14.3 Å². The van der Waals surface area contributed by atoms with Crippen LogP contribution in [0.4, 0.5) is 0 Å². The highest BCUT2D eigenvalue weighted by Gasteiger charge is 2.14. The van der Waals surface area contributed by atoms with E-state index in [0.29, 0.717) is 12.3 Å². The molecule has 4 rings (SSSR count). The Morgan fingerprint density at radius 1 is 0.935 bits per heavy atom. The summed E-state index contributed by atoms with van der Waals surface area (Å²) in [5, 5.41) is 0.991. The van der Waals surface area contributed by atoms with Crippen LogP contribution in [-0.2, 0) is 16.0 Å². The quantitative estimate of drug-likeness (QED) is 0.306. The largest absolute Gasteiger partial charge is 0.385 e. The van der Waals surface area contributed by atoms with Crippen molar-refractivity contribution in [2.24, 2.45) is 0 Å². The Balaban J connectivity index is 1.78. The van der Waals surface area contributed by atoms with Crippen LogP contribution in [0.2, 0.25) is 0 Å². The van der Waals surface area contributed by atoms with Crippen LogP contribution in [0.25, 0.3) is 33.4 Å². The summed E-state index contributed by atoms with van der Waals surface area (Å²) in [5.74, 6) is 0. The molecule has 0 spiro atoms. The van der Waals surface area contributed by atoms with Gasteiger partial charge in [-0.15, -0.1) is 4.73 Å². The summed E-state index contributed by atoms with van der Waals surface area (Å²) in [5.41, 5.74) is 3.79. The number of pyridine rings is 2. The van der Waals surface area contributed by atoms with E-state index in [-0.39, 0.29) is 12.4 Å². The molecule has 4 aromatic rings. The molecule has 160 valence electrons. The number of hydrogen-bond donors (Lipinski definition) is 0. The lowest BCUT2D eigenvalue weighted by atomic mass is 10.0. The molecule has 1 aromatic carbocycles. The standard InChI is InChI=1S/C24H25N3O4/c1-29-12-6-10-26-11-9-19-13-21(16-25-24(19)26)22-14-20(18-7-4-3-5-8-18)15-23(28)27(22)31-17-30-2/h3-5,7-9,11,13-16H,6,10,12,17H2,1-2H3. The minimum absolute atomic E-state index is 0.0386. The molecule has 3 heterocycles. The SMILES string of the molecule is COCCCn1ccc2cc(-c3cc(-c4ccccc4)cc(=O)n3OCOC)cnc21. The number of aromatic nitrogens is 3. The van der Waals surface area contributed by atoms with Crippen molar-refractivity contribution in [2.45, 2.75) is 13.0 Å². The van der Waals surface area contributed by atoms with Crippen molar-refractivity contribution in [3.63, 3.8) is 0 Å². The van der Waals surface area contributed by atoms with Crippen LogP contribution in [0, 0.1) is 0 Å². The topological polar surface area (TPSA) is 67.5 Å². The fraction of sp³-hybridized carbons (Fsp3) is 0.250. The van der Waals surface area contributed by atoms with Gasteiger partial charge in [0.25, 0.3) is 5.56 Å². The fourth-order valence-electron chi connectivity index (χ4n) is 3.57. The zero-order valence-electron chi connectivity index (χ0n) is 17.7. The van der Waals surface area contributed by atoms with Crippen molar-refractivity contribution in [1.82, 2.24) is 14.3 Å². The molecule has 7 heteroatoms. The summed E-state index contributed by atoms with van der Waals surface area (Å²) in [6, 6.07) is 17.3. The Labute approximate surface area is 180 Å². The number of fused-ring (bicyclic) bond motifs is 1. The minimum Gasteiger partial charge on any atom is -0.385 e. The predicted octanol–water partition coefficient (Wildman–Crippen LogP) is 3.60. The van der Waals surface area contributed by atoms with Gasteiger partial charge in [-0.1, -0.05) is 30.3 Å². The second-order valence-corrected chi connectivity index (χ2v) is 7.16. The maximum Gasteiger partial charge on any atom is 0.284 e. The lowest BCUT2D eigenvalue weighted by Gasteiger charge is -2.15. The minimum atomic E-state index is -0.273. The first kappa shape index (κ1) is 20.8. The average molecular weight is 419 g/mol. The highest BCUT2D eigenvalue weighted by molar-refractivity contribution is 5.82. The number of hydrogen-bond acceptors (Lipinski definition) is 5. The van der Waals surface area contributed by atoms with Crippen molar-refractivity contribution >= 4 is 11.0 Å². The van der Waals surface area contributed by atoms with E-state index in [1.165, 1.54) is 11.8 Å². The lowest BCUT2D eigenvalue weighted by Crippen LogP contribution is -2.29. The average Bonchev–Trinajstić information content (AvgIpc) is 3.21. The Morgan fingerprint density at radius 2 is 1.77 bits per heavy atom. The van der Waals surface area contributed by atoms with Crippen LogP contribution in [0.3, 0.4) is 0 Å². The van der Waals surface area contributed by atoms with E-state index in [0.717, 1.165) is 40.7 Å². The zero-order chi connectivity index (χ0) is 21.6. The number of benzene rings is 1. The first-order valence-corrected chi connectivity index (χ1v) is 10.1. The molecular formula is C24H25N3O4. The number of nitrogens with zero attached hydrogens (tertiary/aromatic N) is 3. The molecule has 0 unspecified atom stereocenters. The molecule has 3 aromatic heterocycles. The molecule has 0 bridgehead atoms. The maximum atomic E-state index is 12.9. The van der Waals surface area contributed by atoms with Gasteiger partial charge in [0.05, 0.1) is 5.69 Å². The molecule has 0 aliphatic heterocycles. The number of ether oxygens (including phenoxy) is 2. The van der Waals surface area contributed by atoms with Gasteiger partial charge >= 0.3 is 0 Å². The molecule has 0 aliphatic rings. The van der Waals surface area contributed by atoms with E-state index in [4.69, 9.17) is 14.3 Å². The summed E-state index contributed by atoms with van der Waals surface area (Å²) < 4.78 is 13.5. The molecule has 0 radical (unpaired) electrons. The molecule has 0 saturated heterocycles. The van der Waals surface area contributed by atoms with Gasteiger partial charge in [0, 0.05) is 56.8 Å². The van der Waals surface area contributed by atoms with Crippen LogP contribution in [0.5, 0.6) is 0 Å². The van der Waals surface area contributed by atoms with Crippen LogP contribution in [-0.4, -0.2) is 41.9 Å². The molecule has 0 aliphatic carbocycles. The molecule has 0 fully saturated rings. The normalized spacial score (nSPS) is 11.2. The summed E-state index contributed by atoms with van der Waals surface area (Å²) in [7, 11) is 3.22. The summed E-state index contributed by atoms with van der Waals surface area (Å²) >= 11 is 0. The molecule has 31 heavy (non-hydrogen) atoms. The summed E-state index contributed by atoms with van der Waals surface area (Å²) in [4.78, 5) is 23.1.